The number of pyridine rings is 1. The van der Waals surface area contributed by atoms with E-state index in [0.717, 1.165) is 31.5 Å². The molecule has 0 aromatic carbocycles. The molecule has 3 atom stereocenters. The Morgan fingerprint density at radius 2 is 1.94 bits per heavy atom. The van der Waals surface area contributed by atoms with Crippen molar-refractivity contribution in [3.63, 3.8) is 0 Å². The van der Waals surface area contributed by atoms with Gasteiger partial charge in [0.15, 0.2) is 0 Å². The Morgan fingerprint density at radius 1 is 1.25 bits per heavy atom. The molecular formula is C24H30N4O2S2. The molecule has 0 bridgehead atoms. The summed E-state index contributed by atoms with van der Waals surface area (Å²) in [5.41, 5.74) is 1.89. The van der Waals surface area contributed by atoms with Crippen molar-refractivity contribution in [2.75, 3.05) is 18.0 Å². The number of piperidine rings is 1. The summed E-state index contributed by atoms with van der Waals surface area (Å²) in [6.07, 6.45) is 5.49. The summed E-state index contributed by atoms with van der Waals surface area (Å²) in [5.74, 6) is 1.54. The number of hydrogen-bond acceptors (Lipinski definition) is 6. The smallest absolute Gasteiger partial charge is 0.267 e. The summed E-state index contributed by atoms with van der Waals surface area (Å²) in [7, 11) is 0. The predicted octanol–water partition coefficient (Wildman–Crippen LogP) is 4.48. The Labute approximate surface area is 198 Å². The molecule has 1 amide bonds. The van der Waals surface area contributed by atoms with E-state index in [1.54, 1.807) is 21.6 Å². The number of rotatable bonds is 4. The second-order valence-electron chi connectivity index (χ2n) is 9.25. The van der Waals surface area contributed by atoms with Crippen molar-refractivity contribution in [1.82, 2.24) is 14.3 Å². The van der Waals surface area contributed by atoms with Crippen molar-refractivity contribution in [1.29, 1.82) is 0 Å². The minimum absolute atomic E-state index is 0.0233. The Morgan fingerprint density at radius 3 is 2.59 bits per heavy atom. The minimum Gasteiger partial charge on any atom is -0.355 e. The summed E-state index contributed by atoms with van der Waals surface area (Å²) in [4.78, 5) is 36.0. The van der Waals surface area contributed by atoms with Crippen molar-refractivity contribution < 1.29 is 4.79 Å². The summed E-state index contributed by atoms with van der Waals surface area (Å²) in [6.45, 7) is 12.1. The molecule has 8 heteroatoms. The lowest BCUT2D eigenvalue weighted by Gasteiger charge is -2.36. The second kappa shape index (κ2) is 8.98. The van der Waals surface area contributed by atoms with Gasteiger partial charge in [-0.15, -0.1) is 0 Å². The number of carbonyl (C=O) groups is 1. The summed E-state index contributed by atoms with van der Waals surface area (Å²) >= 11 is 6.76. The quantitative estimate of drug-likeness (QED) is 0.485. The van der Waals surface area contributed by atoms with Crippen LogP contribution in [0.15, 0.2) is 28.0 Å². The summed E-state index contributed by atoms with van der Waals surface area (Å²) in [5, 5.41) is 0. The highest BCUT2D eigenvalue weighted by Crippen LogP contribution is 2.36. The fraction of sp³-hybridized carbons (Fsp3) is 0.500. The third-order valence-corrected chi connectivity index (χ3v) is 7.61. The van der Waals surface area contributed by atoms with Gasteiger partial charge in [-0.1, -0.05) is 50.8 Å². The highest BCUT2D eigenvalue weighted by molar-refractivity contribution is 8.26. The molecule has 0 spiro atoms. The highest BCUT2D eigenvalue weighted by Gasteiger charge is 2.35. The minimum atomic E-state index is -0.159. The van der Waals surface area contributed by atoms with Crippen LogP contribution in [0.2, 0.25) is 0 Å². The van der Waals surface area contributed by atoms with E-state index in [0.29, 0.717) is 38.1 Å². The second-order valence-corrected chi connectivity index (χ2v) is 10.9. The number of amides is 1. The molecule has 4 heterocycles. The topological polar surface area (TPSA) is 57.9 Å². The molecule has 0 saturated carbocycles. The Balaban J connectivity index is 1.88. The number of thiocarbonyl (C=S) groups is 1. The first kappa shape index (κ1) is 23.0. The van der Waals surface area contributed by atoms with Gasteiger partial charge in [0.05, 0.1) is 10.5 Å². The molecule has 2 fully saturated rings. The van der Waals surface area contributed by atoms with Gasteiger partial charge >= 0.3 is 0 Å². The van der Waals surface area contributed by atoms with Gasteiger partial charge in [0, 0.05) is 25.3 Å². The van der Waals surface area contributed by atoms with Gasteiger partial charge in [-0.3, -0.25) is 18.9 Å². The fourth-order valence-electron chi connectivity index (χ4n) is 4.62. The van der Waals surface area contributed by atoms with E-state index < -0.39 is 0 Å². The summed E-state index contributed by atoms with van der Waals surface area (Å²) < 4.78 is 2.12. The zero-order valence-electron chi connectivity index (χ0n) is 19.3. The Hall–Kier alpha value is -2.19. The lowest BCUT2D eigenvalue weighted by Crippen LogP contribution is -2.40. The van der Waals surface area contributed by atoms with Gasteiger partial charge in [0.25, 0.3) is 11.5 Å². The number of thioether (sulfide) groups is 1. The third kappa shape index (κ3) is 4.22. The molecule has 32 heavy (non-hydrogen) atoms. The average molecular weight is 471 g/mol. The van der Waals surface area contributed by atoms with Gasteiger partial charge in [-0.25, -0.2) is 4.98 Å². The van der Waals surface area contributed by atoms with E-state index >= 15 is 0 Å². The molecule has 2 aromatic heterocycles. The largest absolute Gasteiger partial charge is 0.355 e. The molecular weight excluding hydrogens is 440 g/mol. The molecule has 2 aliphatic rings. The highest BCUT2D eigenvalue weighted by atomic mass is 32.2. The van der Waals surface area contributed by atoms with Crippen LogP contribution in [0, 0.1) is 18.8 Å². The monoisotopic (exact) mass is 470 g/mol. The van der Waals surface area contributed by atoms with Gasteiger partial charge in [-0.2, -0.15) is 0 Å². The molecule has 2 aliphatic heterocycles. The normalized spacial score (nSPS) is 24.1. The molecule has 0 aliphatic carbocycles. The maximum atomic E-state index is 13.6. The number of aryl methyl sites for hydroxylation is 1. The molecule has 2 saturated heterocycles. The van der Waals surface area contributed by atoms with E-state index in [-0.39, 0.29) is 17.5 Å². The predicted molar refractivity (Wildman–Crippen MR) is 136 cm³/mol. The van der Waals surface area contributed by atoms with Crippen LogP contribution in [0.5, 0.6) is 0 Å². The number of anilines is 1. The Kier molecular flexibility index (Phi) is 6.45. The van der Waals surface area contributed by atoms with Crippen molar-refractivity contribution >= 4 is 51.7 Å². The first-order valence-electron chi connectivity index (χ1n) is 11.2. The number of hydrogen-bond donors (Lipinski definition) is 0. The molecule has 3 unspecified atom stereocenters. The maximum absolute atomic E-state index is 13.6. The molecule has 0 radical (unpaired) electrons. The fourth-order valence-corrected chi connectivity index (χ4v) is 6.07. The maximum Gasteiger partial charge on any atom is 0.267 e. The van der Waals surface area contributed by atoms with Gasteiger partial charge in [0.1, 0.15) is 15.8 Å². The standard InChI is InChI=1S/C24H30N4O2S2/c1-6-17(5)28-23(30)19(32-24(28)31)10-18-21(26-11-15(3)9-16(4)12-26)25-20-8-7-14(2)13-27(20)22(18)29/h7-8,10,13,15-17H,6,9,11-12H2,1-5H3. The Bertz CT molecular complexity index is 1160. The van der Waals surface area contributed by atoms with Crippen molar-refractivity contribution in [2.24, 2.45) is 11.8 Å². The van der Waals surface area contributed by atoms with E-state index in [1.165, 1.54) is 11.8 Å². The zero-order chi connectivity index (χ0) is 23.2. The first-order chi connectivity index (χ1) is 15.2. The van der Waals surface area contributed by atoms with Crippen molar-refractivity contribution in [3.05, 3.63) is 44.7 Å². The number of aromatic nitrogens is 2. The van der Waals surface area contributed by atoms with Crippen LogP contribution < -0.4 is 10.5 Å². The van der Waals surface area contributed by atoms with Crippen LogP contribution in [-0.4, -0.2) is 43.6 Å². The van der Waals surface area contributed by atoms with Crippen molar-refractivity contribution in [2.45, 2.75) is 53.5 Å². The lowest BCUT2D eigenvalue weighted by molar-refractivity contribution is -0.123. The molecule has 2 aromatic rings. The number of fused-ring (bicyclic) bond motifs is 1. The van der Waals surface area contributed by atoms with Gasteiger partial charge in [0.2, 0.25) is 0 Å². The SMILES string of the molecule is CCC(C)N1C(=O)C(=Cc2c(N3CC(C)CC(C)C3)nc3ccc(C)cn3c2=O)SC1=S. The number of nitrogens with zero attached hydrogens (tertiary/aromatic N) is 4. The van der Waals surface area contributed by atoms with Crippen LogP contribution in [0.1, 0.15) is 51.7 Å². The average Bonchev–Trinajstić information content (AvgIpc) is 3.02. The van der Waals surface area contributed by atoms with E-state index in [9.17, 15) is 9.59 Å². The van der Waals surface area contributed by atoms with E-state index in [1.807, 2.05) is 32.9 Å². The lowest BCUT2D eigenvalue weighted by atomic mass is 9.91. The van der Waals surface area contributed by atoms with E-state index in [4.69, 9.17) is 17.2 Å². The van der Waals surface area contributed by atoms with E-state index in [2.05, 4.69) is 18.7 Å². The van der Waals surface area contributed by atoms with Crippen LogP contribution in [0.4, 0.5) is 5.82 Å². The summed E-state index contributed by atoms with van der Waals surface area (Å²) in [6, 6.07) is 3.86. The van der Waals surface area contributed by atoms with Gasteiger partial charge in [-0.05, 0) is 56.2 Å². The third-order valence-electron chi connectivity index (χ3n) is 6.28. The first-order valence-corrected chi connectivity index (χ1v) is 12.5. The molecule has 4 rings (SSSR count). The van der Waals surface area contributed by atoms with Crippen LogP contribution in [0.25, 0.3) is 11.7 Å². The van der Waals surface area contributed by atoms with Crippen LogP contribution in [-0.2, 0) is 4.79 Å². The molecule has 170 valence electrons. The van der Waals surface area contributed by atoms with Gasteiger partial charge < -0.3 is 4.90 Å². The zero-order valence-corrected chi connectivity index (χ0v) is 20.9. The van der Waals surface area contributed by atoms with Crippen LogP contribution in [0.3, 0.4) is 0 Å². The molecule has 6 nitrogen and oxygen atoms in total. The van der Waals surface area contributed by atoms with Crippen LogP contribution >= 0.6 is 24.0 Å². The number of carbonyl (C=O) groups excluding carboxylic acids is 1. The van der Waals surface area contributed by atoms with Crippen molar-refractivity contribution in [3.8, 4) is 0 Å². The molecule has 0 N–H and O–H groups in total.